The van der Waals surface area contributed by atoms with E-state index in [4.69, 9.17) is 14.2 Å². The summed E-state index contributed by atoms with van der Waals surface area (Å²) in [5, 5.41) is 14.3. The summed E-state index contributed by atoms with van der Waals surface area (Å²) in [7, 11) is 0. The number of rotatable bonds is 14. The highest BCUT2D eigenvalue weighted by atomic mass is 16.5. The fourth-order valence-corrected chi connectivity index (χ4v) is 4.81. The van der Waals surface area contributed by atoms with E-state index < -0.39 is 37.7 Å². The zero-order valence-corrected chi connectivity index (χ0v) is 25.6. The molecule has 1 aliphatic heterocycles. The number of hydrogen-bond acceptors (Lipinski definition) is 10. The molecule has 2 aromatic carbocycles. The molecule has 1 saturated heterocycles. The van der Waals surface area contributed by atoms with Gasteiger partial charge in [0.25, 0.3) is 5.91 Å². The minimum Gasteiger partial charge on any atom is -0.465 e. The lowest BCUT2D eigenvalue weighted by Gasteiger charge is -2.30. The predicted molar refractivity (Wildman–Crippen MR) is 162 cm³/mol. The monoisotopic (exact) mass is 621 g/mol. The highest BCUT2D eigenvalue weighted by molar-refractivity contribution is 5.86. The van der Waals surface area contributed by atoms with Gasteiger partial charge >= 0.3 is 18.0 Å². The van der Waals surface area contributed by atoms with Gasteiger partial charge in [-0.3, -0.25) is 14.4 Å². The van der Waals surface area contributed by atoms with Gasteiger partial charge in [0, 0.05) is 31.7 Å². The van der Waals surface area contributed by atoms with Crippen LogP contribution in [0.1, 0.15) is 32.3 Å². The molecule has 14 heteroatoms. The van der Waals surface area contributed by atoms with Crippen molar-refractivity contribution in [2.75, 3.05) is 59.2 Å². The summed E-state index contributed by atoms with van der Waals surface area (Å²) in [6.07, 6.45) is 1.55. The lowest BCUT2D eigenvalue weighted by Crippen LogP contribution is -2.48. The number of ether oxygens (including phenoxy) is 3. The van der Waals surface area contributed by atoms with E-state index in [0.29, 0.717) is 45.1 Å². The first-order valence-corrected chi connectivity index (χ1v) is 15.0. The van der Waals surface area contributed by atoms with E-state index in [2.05, 4.69) is 20.6 Å². The van der Waals surface area contributed by atoms with Gasteiger partial charge < -0.3 is 28.9 Å². The number of nitrogens with zero attached hydrogens (tertiary/aromatic N) is 6. The molecule has 1 fully saturated rings. The second-order valence-electron chi connectivity index (χ2n) is 10.4. The van der Waals surface area contributed by atoms with Crippen LogP contribution in [0.3, 0.4) is 0 Å². The quantitative estimate of drug-likeness (QED) is 0.265. The van der Waals surface area contributed by atoms with Crippen molar-refractivity contribution in [1.29, 1.82) is 0 Å². The van der Waals surface area contributed by atoms with Crippen molar-refractivity contribution in [3.63, 3.8) is 0 Å². The molecule has 0 radical (unpaired) electrons. The maximum atomic E-state index is 13.8. The molecular weight excluding hydrogens is 582 g/mol. The molecule has 1 aromatic heterocycles. The van der Waals surface area contributed by atoms with Crippen LogP contribution in [0.25, 0.3) is 22.5 Å². The molecular formula is C31H39N7O7. The molecule has 3 amide bonds. The molecule has 14 nitrogen and oxygen atoms in total. The Labute approximate surface area is 261 Å². The number of nitrogens with one attached hydrogen (secondary N) is 1. The van der Waals surface area contributed by atoms with Gasteiger partial charge in [0.2, 0.25) is 5.82 Å². The van der Waals surface area contributed by atoms with Crippen molar-refractivity contribution in [2.24, 2.45) is 0 Å². The Morgan fingerprint density at radius 2 is 1.60 bits per heavy atom. The fraction of sp³-hybridized carbons (Fsp3) is 0.452. The Balaban J connectivity index is 1.46. The second kappa shape index (κ2) is 16.9. The summed E-state index contributed by atoms with van der Waals surface area (Å²) in [5.41, 5.74) is 3.54. The van der Waals surface area contributed by atoms with Gasteiger partial charge in [-0.25, -0.2) is 4.79 Å². The summed E-state index contributed by atoms with van der Waals surface area (Å²) in [5.74, 6) is -1.31. The van der Waals surface area contributed by atoms with Gasteiger partial charge in [-0.2, -0.15) is 5.21 Å². The van der Waals surface area contributed by atoms with Crippen LogP contribution in [0.15, 0.2) is 48.5 Å². The zero-order chi connectivity index (χ0) is 32.0. The van der Waals surface area contributed by atoms with E-state index in [1.165, 1.54) is 0 Å². The van der Waals surface area contributed by atoms with E-state index in [1.807, 2.05) is 55.5 Å². The van der Waals surface area contributed by atoms with Crippen molar-refractivity contribution < 1.29 is 33.4 Å². The van der Waals surface area contributed by atoms with E-state index in [-0.39, 0.29) is 19.1 Å². The summed E-state index contributed by atoms with van der Waals surface area (Å²) >= 11 is 0. The number of unbranched alkanes of at least 4 members (excludes halogenated alkanes) is 1. The van der Waals surface area contributed by atoms with Gasteiger partial charge in [-0.05, 0) is 35.2 Å². The molecule has 3 aromatic rings. The van der Waals surface area contributed by atoms with Crippen molar-refractivity contribution in [2.45, 2.75) is 33.2 Å². The summed E-state index contributed by atoms with van der Waals surface area (Å²) in [4.78, 5) is 55.7. The van der Waals surface area contributed by atoms with Gasteiger partial charge in [0.05, 0.1) is 19.8 Å². The van der Waals surface area contributed by atoms with Gasteiger partial charge in [0.1, 0.15) is 13.1 Å². The summed E-state index contributed by atoms with van der Waals surface area (Å²) < 4.78 is 15.5. The molecule has 1 N–H and O–H groups in total. The maximum absolute atomic E-state index is 13.8. The topological polar surface area (TPSA) is 160 Å². The first kappa shape index (κ1) is 33.1. The number of esters is 2. The van der Waals surface area contributed by atoms with Crippen LogP contribution < -0.4 is 0 Å². The Morgan fingerprint density at radius 3 is 2.24 bits per heavy atom. The minimum absolute atomic E-state index is 0.126. The van der Waals surface area contributed by atoms with Crippen LogP contribution in [0, 0.1) is 0 Å². The molecule has 45 heavy (non-hydrogen) atoms. The van der Waals surface area contributed by atoms with Crippen LogP contribution in [0.2, 0.25) is 0 Å². The number of urea groups is 1. The summed E-state index contributed by atoms with van der Waals surface area (Å²) in [6.45, 7) is 4.73. The molecule has 0 bridgehead atoms. The van der Waals surface area contributed by atoms with Crippen molar-refractivity contribution >= 4 is 23.9 Å². The van der Waals surface area contributed by atoms with Gasteiger partial charge in [-0.1, -0.05) is 61.9 Å². The SMILES string of the molecule is CCCCN(Cc1ccc(-c2ccccc2-c2nn[nH]n2)cc1)C(=O)N(CC(=O)OCC)CC(=O)OCC(=O)N1CCOCC1. The number of tetrazole rings is 1. The van der Waals surface area contributed by atoms with Crippen molar-refractivity contribution in [1.82, 2.24) is 35.3 Å². The van der Waals surface area contributed by atoms with E-state index in [9.17, 15) is 19.2 Å². The molecule has 0 unspecified atom stereocenters. The maximum Gasteiger partial charge on any atom is 0.326 e. The number of hydrogen-bond donors (Lipinski definition) is 1. The molecule has 240 valence electrons. The molecule has 2 heterocycles. The lowest BCUT2D eigenvalue weighted by atomic mass is 9.98. The molecule has 0 atom stereocenters. The standard InChI is InChI=1S/C31H39N7O7/c1-3-5-14-37(19-23-10-12-24(13-11-23)25-8-6-7-9-26(25)30-32-34-35-33-30)31(42)38(20-28(40)44-4-2)21-29(41)45-22-27(39)36-15-17-43-18-16-36/h6-13H,3-5,14-22H2,1-2H3,(H,32,33,34,35). The second-order valence-corrected chi connectivity index (χ2v) is 10.4. The zero-order valence-electron chi connectivity index (χ0n) is 25.6. The number of amides is 3. The average molecular weight is 622 g/mol. The number of carbonyl (C=O) groups excluding carboxylic acids is 4. The third kappa shape index (κ3) is 9.57. The molecule has 0 saturated carbocycles. The van der Waals surface area contributed by atoms with Crippen LogP contribution in [0.4, 0.5) is 4.79 Å². The third-order valence-corrected chi connectivity index (χ3v) is 7.14. The third-order valence-electron chi connectivity index (χ3n) is 7.14. The van der Waals surface area contributed by atoms with E-state index in [0.717, 1.165) is 33.6 Å². The smallest absolute Gasteiger partial charge is 0.326 e. The Hall–Kier alpha value is -4.85. The van der Waals surface area contributed by atoms with E-state index >= 15 is 0 Å². The fourth-order valence-electron chi connectivity index (χ4n) is 4.81. The van der Waals surface area contributed by atoms with Crippen LogP contribution in [0.5, 0.6) is 0 Å². The molecule has 1 aliphatic rings. The van der Waals surface area contributed by atoms with Crippen LogP contribution >= 0.6 is 0 Å². The number of aromatic amines is 1. The lowest BCUT2D eigenvalue weighted by molar-refractivity contribution is -0.154. The number of aromatic nitrogens is 4. The number of morpholine rings is 1. The summed E-state index contributed by atoms with van der Waals surface area (Å²) in [6, 6.07) is 15.0. The highest BCUT2D eigenvalue weighted by Gasteiger charge is 2.27. The normalized spacial score (nSPS) is 12.8. The minimum atomic E-state index is -0.797. The van der Waals surface area contributed by atoms with E-state index in [1.54, 1.807) is 16.7 Å². The Morgan fingerprint density at radius 1 is 0.911 bits per heavy atom. The largest absolute Gasteiger partial charge is 0.465 e. The van der Waals surface area contributed by atoms with Crippen LogP contribution in [-0.4, -0.2) is 118 Å². The van der Waals surface area contributed by atoms with Gasteiger partial charge in [-0.15, -0.1) is 10.2 Å². The predicted octanol–water partition coefficient (Wildman–Crippen LogP) is 2.52. The Bertz CT molecular complexity index is 1410. The van der Waals surface area contributed by atoms with Crippen molar-refractivity contribution in [3.05, 3.63) is 54.1 Å². The van der Waals surface area contributed by atoms with Gasteiger partial charge in [0.15, 0.2) is 6.61 Å². The average Bonchev–Trinajstić information content (AvgIpc) is 3.61. The highest BCUT2D eigenvalue weighted by Crippen LogP contribution is 2.30. The number of carbonyl (C=O) groups is 4. The van der Waals surface area contributed by atoms with Crippen molar-refractivity contribution in [3.8, 4) is 22.5 Å². The van der Waals surface area contributed by atoms with Crippen LogP contribution in [-0.2, 0) is 35.1 Å². The molecule has 0 spiro atoms. The first-order valence-electron chi connectivity index (χ1n) is 15.0. The number of H-pyrrole nitrogens is 1. The number of benzene rings is 2. The Kier molecular flexibility index (Phi) is 12.4. The molecule has 4 rings (SSSR count). The first-order chi connectivity index (χ1) is 21.9. The molecule has 0 aliphatic carbocycles.